The molecule has 38 heavy (non-hydrogen) atoms. The van der Waals surface area contributed by atoms with Crippen molar-refractivity contribution in [2.24, 2.45) is 11.8 Å². The molecule has 3 saturated carbocycles. The molecule has 200 valence electrons. The first-order valence-corrected chi connectivity index (χ1v) is 13.7. The number of halogens is 4. The minimum absolute atomic E-state index is 0.0115. The summed E-state index contributed by atoms with van der Waals surface area (Å²) in [7, 11) is -4.09. The maximum Gasteiger partial charge on any atom is 0.255 e. The predicted molar refractivity (Wildman–Crippen MR) is 132 cm³/mol. The van der Waals surface area contributed by atoms with Crippen molar-refractivity contribution in [1.29, 1.82) is 0 Å². The molecule has 3 aromatic rings. The van der Waals surface area contributed by atoms with Gasteiger partial charge in [0, 0.05) is 23.5 Å². The first kappa shape index (κ1) is 26.6. The molecule has 6 rings (SSSR count). The standard InChI is InChI=1S/C26H22ClF3N2O5S/c27-18-5-3-13(25(34)32-16-4-6-19(28)21(30)12-16)8-22(18)38(36,37)17-10-14-9-15(11-17)26(14,35)24(33)23-20(29)2-1-7-31-23/h1-8,12,14-15,17,24,33,35H,9-11H2,(H,32,34). The van der Waals surface area contributed by atoms with Crippen molar-refractivity contribution >= 4 is 33.0 Å². The second-order valence-corrected chi connectivity index (χ2v) is 12.3. The average molecular weight is 567 g/mol. The van der Waals surface area contributed by atoms with Crippen molar-refractivity contribution in [1.82, 2.24) is 4.98 Å². The summed E-state index contributed by atoms with van der Waals surface area (Å²) in [5.74, 6) is -5.03. The minimum Gasteiger partial charge on any atom is -0.386 e. The van der Waals surface area contributed by atoms with Crippen molar-refractivity contribution in [3.05, 3.63) is 88.5 Å². The Morgan fingerprint density at radius 3 is 2.39 bits per heavy atom. The number of sulfone groups is 1. The van der Waals surface area contributed by atoms with Gasteiger partial charge in [0.1, 0.15) is 23.2 Å². The topological polar surface area (TPSA) is 117 Å². The zero-order valence-corrected chi connectivity index (χ0v) is 21.2. The molecule has 1 amide bonds. The molecule has 12 heteroatoms. The van der Waals surface area contributed by atoms with E-state index in [4.69, 9.17) is 11.6 Å². The molecule has 3 N–H and O–H groups in total. The lowest BCUT2D eigenvalue weighted by Crippen LogP contribution is -2.64. The summed E-state index contributed by atoms with van der Waals surface area (Å²) < 4.78 is 68.0. The Kier molecular flexibility index (Phi) is 6.75. The zero-order valence-electron chi connectivity index (χ0n) is 19.6. The molecule has 0 saturated heterocycles. The summed E-state index contributed by atoms with van der Waals surface area (Å²) in [6.07, 6.45) is 0.108. The number of amides is 1. The Labute approximate surface area is 221 Å². The summed E-state index contributed by atoms with van der Waals surface area (Å²) >= 11 is 6.21. The molecule has 0 spiro atoms. The van der Waals surface area contributed by atoms with E-state index in [1.54, 1.807) is 0 Å². The molecule has 0 radical (unpaired) electrons. The van der Waals surface area contributed by atoms with Gasteiger partial charge in [0.25, 0.3) is 5.91 Å². The van der Waals surface area contributed by atoms with Gasteiger partial charge in [0.15, 0.2) is 21.5 Å². The Hall–Kier alpha value is -2.99. The van der Waals surface area contributed by atoms with E-state index in [1.807, 2.05) is 0 Å². The minimum atomic E-state index is -4.09. The van der Waals surface area contributed by atoms with Crippen LogP contribution in [0.2, 0.25) is 5.02 Å². The highest BCUT2D eigenvalue weighted by Crippen LogP contribution is 2.60. The van der Waals surface area contributed by atoms with Gasteiger partial charge in [-0.05, 0) is 73.6 Å². The van der Waals surface area contributed by atoms with Gasteiger partial charge in [-0.2, -0.15) is 0 Å². The Morgan fingerprint density at radius 1 is 1.03 bits per heavy atom. The van der Waals surface area contributed by atoms with Crippen molar-refractivity contribution in [2.45, 2.75) is 41.1 Å². The zero-order chi connectivity index (χ0) is 27.4. The maximum atomic E-state index is 14.2. The van der Waals surface area contributed by atoms with Crippen LogP contribution in [0.3, 0.4) is 0 Å². The average Bonchev–Trinajstić information content (AvgIpc) is 2.90. The highest BCUT2D eigenvalue weighted by atomic mass is 35.5. The largest absolute Gasteiger partial charge is 0.386 e. The van der Waals surface area contributed by atoms with Crippen LogP contribution in [0.4, 0.5) is 18.9 Å². The fourth-order valence-corrected chi connectivity index (χ4v) is 7.93. The number of hydrogen-bond acceptors (Lipinski definition) is 6. The Bertz CT molecular complexity index is 1530. The van der Waals surface area contributed by atoms with Gasteiger partial charge in [-0.25, -0.2) is 21.6 Å². The molecule has 2 bridgehead atoms. The van der Waals surface area contributed by atoms with E-state index in [0.29, 0.717) is 6.42 Å². The van der Waals surface area contributed by atoms with E-state index >= 15 is 0 Å². The van der Waals surface area contributed by atoms with Gasteiger partial charge in [-0.1, -0.05) is 11.6 Å². The number of anilines is 1. The van der Waals surface area contributed by atoms with Crippen molar-refractivity contribution in [3.8, 4) is 0 Å². The molecular weight excluding hydrogens is 545 g/mol. The van der Waals surface area contributed by atoms with Gasteiger partial charge in [0.2, 0.25) is 0 Å². The molecule has 1 heterocycles. The molecule has 0 aliphatic heterocycles. The summed E-state index contributed by atoms with van der Waals surface area (Å²) in [4.78, 5) is 16.3. The second-order valence-electron chi connectivity index (χ2n) is 9.66. The lowest BCUT2D eigenvalue weighted by molar-refractivity contribution is -0.235. The van der Waals surface area contributed by atoms with Gasteiger partial charge in [-0.3, -0.25) is 9.78 Å². The number of carbonyl (C=O) groups excluding carboxylic acids is 1. The van der Waals surface area contributed by atoms with E-state index in [9.17, 15) is 36.6 Å². The van der Waals surface area contributed by atoms with Gasteiger partial charge in [-0.15, -0.1) is 0 Å². The van der Waals surface area contributed by atoms with Crippen LogP contribution in [0, 0.1) is 29.3 Å². The second kappa shape index (κ2) is 9.64. The molecule has 3 fully saturated rings. The van der Waals surface area contributed by atoms with Crippen molar-refractivity contribution in [3.63, 3.8) is 0 Å². The maximum absolute atomic E-state index is 14.2. The highest BCUT2D eigenvalue weighted by molar-refractivity contribution is 7.92. The van der Waals surface area contributed by atoms with Crippen LogP contribution in [-0.4, -0.2) is 40.4 Å². The van der Waals surface area contributed by atoms with E-state index in [2.05, 4.69) is 10.3 Å². The number of rotatable bonds is 6. The van der Waals surface area contributed by atoms with Crippen LogP contribution in [0.1, 0.15) is 41.4 Å². The summed E-state index contributed by atoms with van der Waals surface area (Å²) in [6, 6.07) is 8.93. The molecular formula is C26H22ClF3N2O5S. The summed E-state index contributed by atoms with van der Waals surface area (Å²) in [5, 5.41) is 23.3. The van der Waals surface area contributed by atoms with Crippen LogP contribution < -0.4 is 5.32 Å². The van der Waals surface area contributed by atoms with E-state index in [-0.39, 0.29) is 39.7 Å². The Balaban J connectivity index is 1.36. The predicted octanol–water partition coefficient (Wildman–Crippen LogP) is 4.44. The number of nitrogens with one attached hydrogen (secondary N) is 1. The lowest BCUT2D eigenvalue weighted by atomic mass is 9.51. The van der Waals surface area contributed by atoms with Crippen LogP contribution in [0.15, 0.2) is 59.6 Å². The molecule has 1 aromatic heterocycles. The van der Waals surface area contributed by atoms with Crippen LogP contribution in [-0.2, 0) is 9.84 Å². The van der Waals surface area contributed by atoms with E-state index in [1.165, 1.54) is 24.4 Å². The van der Waals surface area contributed by atoms with Gasteiger partial charge in [0.05, 0.1) is 15.2 Å². The number of nitrogens with zero attached hydrogens (tertiary/aromatic N) is 1. The smallest absolute Gasteiger partial charge is 0.255 e. The third-order valence-corrected chi connectivity index (χ3v) is 10.2. The molecule has 3 aliphatic rings. The fourth-order valence-electron chi connectivity index (χ4n) is 5.53. The van der Waals surface area contributed by atoms with Crippen LogP contribution in [0.25, 0.3) is 0 Å². The SMILES string of the molecule is O=C(Nc1ccc(F)c(F)c1)c1ccc(Cl)c(S(=O)(=O)C2CC3CC(C2)C3(O)C(O)c2ncccc2F)c1. The number of aromatic nitrogens is 1. The number of aliphatic hydroxyl groups is 2. The van der Waals surface area contributed by atoms with Crippen molar-refractivity contribution in [2.75, 3.05) is 5.32 Å². The number of hydrogen-bond donors (Lipinski definition) is 3. The Morgan fingerprint density at radius 2 is 1.74 bits per heavy atom. The number of fused-ring (bicyclic) bond motifs is 2. The lowest BCUT2D eigenvalue weighted by Gasteiger charge is -2.59. The number of carbonyl (C=O) groups is 1. The molecule has 7 nitrogen and oxygen atoms in total. The quantitative estimate of drug-likeness (QED) is 0.406. The van der Waals surface area contributed by atoms with E-state index < -0.39 is 62.0 Å². The highest BCUT2D eigenvalue weighted by Gasteiger charge is 2.64. The summed E-state index contributed by atoms with van der Waals surface area (Å²) in [6.45, 7) is 0. The number of pyridine rings is 1. The number of benzene rings is 2. The monoisotopic (exact) mass is 566 g/mol. The number of aliphatic hydroxyl groups excluding tert-OH is 1. The van der Waals surface area contributed by atoms with E-state index in [0.717, 1.165) is 30.3 Å². The normalized spacial score (nSPS) is 25.4. The van der Waals surface area contributed by atoms with Crippen molar-refractivity contribution < 1.29 is 36.6 Å². The first-order chi connectivity index (χ1) is 17.9. The molecule has 2 aromatic carbocycles. The molecule has 3 unspecified atom stereocenters. The molecule has 3 atom stereocenters. The third-order valence-electron chi connectivity index (χ3n) is 7.57. The van der Waals surface area contributed by atoms with Crippen LogP contribution >= 0.6 is 11.6 Å². The molecule has 3 aliphatic carbocycles. The summed E-state index contributed by atoms with van der Waals surface area (Å²) in [5.41, 5.74) is -2.12. The first-order valence-electron chi connectivity index (χ1n) is 11.7. The third kappa shape index (κ3) is 4.37. The van der Waals surface area contributed by atoms with Gasteiger partial charge >= 0.3 is 0 Å². The fraction of sp³-hybridized carbons (Fsp3) is 0.308. The van der Waals surface area contributed by atoms with Gasteiger partial charge < -0.3 is 15.5 Å². The van der Waals surface area contributed by atoms with Crippen LogP contribution in [0.5, 0.6) is 0 Å².